The van der Waals surface area contributed by atoms with Gasteiger partial charge in [0, 0.05) is 17.8 Å². The number of benzene rings is 1. The molecule has 1 atom stereocenters. The first-order valence-corrected chi connectivity index (χ1v) is 5.68. The summed E-state index contributed by atoms with van der Waals surface area (Å²) in [7, 11) is 1.56. The van der Waals surface area contributed by atoms with E-state index in [1.807, 2.05) is 6.92 Å². The van der Waals surface area contributed by atoms with Crippen LogP contribution >= 0.6 is 0 Å². The van der Waals surface area contributed by atoms with E-state index < -0.39 is 0 Å². The first-order chi connectivity index (χ1) is 8.63. The molecular formula is C14H15FN2O. The minimum absolute atomic E-state index is 0.202. The number of halogens is 1. The van der Waals surface area contributed by atoms with Crippen LogP contribution in [0.4, 0.5) is 4.39 Å². The van der Waals surface area contributed by atoms with Crippen LogP contribution in [0, 0.1) is 5.82 Å². The zero-order valence-electron chi connectivity index (χ0n) is 10.4. The van der Waals surface area contributed by atoms with Crippen molar-refractivity contribution in [2.75, 3.05) is 7.11 Å². The van der Waals surface area contributed by atoms with Crippen LogP contribution in [0.5, 0.6) is 5.75 Å². The number of methoxy groups -OCH3 is 1. The normalized spacial score (nSPS) is 12.2. The topological polar surface area (TPSA) is 48.1 Å². The Bertz CT molecular complexity index is 555. The van der Waals surface area contributed by atoms with Crippen molar-refractivity contribution in [1.82, 2.24) is 4.98 Å². The Morgan fingerprint density at radius 3 is 2.78 bits per heavy atom. The van der Waals surface area contributed by atoms with Crippen LogP contribution in [0.3, 0.4) is 0 Å². The van der Waals surface area contributed by atoms with Crippen LogP contribution in [0.2, 0.25) is 0 Å². The predicted molar refractivity (Wildman–Crippen MR) is 68.8 cm³/mol. The zero-order valence-corrected chi connectivity index (χ0v) is 10.4. The molecule has 0 saturated carbocycles. The molecule has 3 nitrogen and oxygen atoms in total. The third-order valence-corrected chi connectivity index (χ3v) is 2.75. The molecule has 0 radical (unpaired) electrons. The lowest BCUT2D eigenvalue weighted by molar-refractivity contribution is 0.414. The molecule has 0 fully saturated rings. The fourth-order valence-electron chi connectivity index (χ4n) is 1.89. The highest BCUT2D eigenvalue weighted by Gasteiger charge is 2.14. The van der Waals surface area contributed by atoms with Gasteiger partial charge in [0.25, 0.3) is 0 Å². The maximum absolute atomic E-state index is 13.4. The number of ether oxygens (including phenoxy) is 1. The summed E-state index contributed by atoms with van der Waals surface area (Å²) in [6.07, 6.45) is 1.65. The Morgan fingerprint density at radius 2 is 2.11 bits per heavy atom. The van der Waals surface area contributed by atoms with E-state index in [0.29, 0.717) is 17.0 Å². The number of hydrogen-bond acceptors (Lipinski definition) is 3. The Hall–Kier alpha value is -1.94. The van der Waals surface area contributed by atoms with E-state index in [0.717, 1.165) is 5.56 Å². The molecular weight excluding hydrogens is 231 g/mol. The highest BCUT2D eigenvalue weighted by molar-refractivity contribution is 5.70. The summed E-state index contributed by atoms with van der Waals surface area (Å²) in [6.45, 7) is 1.85. The molecule has 0 aliphatic heterocycles. The Balaban J connectivity index is 2.65. The van der Waals surface area contributed by atoms with Crippen molar-refractivity contribution in [3.05, 3.63) is 47.9 Å². The minimum Gasteiger partial charge on any atom is -0.494 e. The van der Waals surface area contributed by atoms with E-state index in [-0.39, 0.29) is 11.9 Å². The van der Waals surface area contributed by atoms with E-state index in [2.05, 4.69) is 4.98 Å². The van der Waals surface area contributed by atoms with Gasteiger partial charge < -0.3 is 10.5 Å². The first-order valence-electron chi connectivity index (χ1n) is 5.68. The van der Waals surface area contributed by atoms with E-state index in [1.54, 1.807) is 31.5 Å². The Labute approximate surface area is 105 Å². The summed E-state index contributed by atoms with van der Waals surface area (Å²) in [5.41, 5.74) is 8.02. The third-order valence-electron chi connectivity index (χ3n) is 2.75. The minimum atomic E-state index is -0.317. The average molecular weight is 246 g/mol. The summed E-state index contributed by atoms with van der Waals surface area (Å²) in [5, 5.41) is 0. The third kappa shape index (κ3) is 2.33. The largest absolute Gasteiger partial charge is 0.494 e. The Morgan fingerprint density at radius 1 is 1.33 bits per heavy atom. The van der Waals surface area contributed by atoms with Crippen molar-refractivity contribution in [2.45, 2.75) is 13.0 Å². The van der Waals surface area contributed by atoms with Crippen LogP contribution in [-0.2, 0) is 0 Å². The quantitative estimate of drug-likeness (QED) is 0.905. The number of rotatable bonds is 3. The van der Waals surface area contributed by atoms with Crippen LogP contribution in [0.15, 0.2) is 36.5 Å². The summed E-state index contributed by atoms with van der Waals surface area (Å²) >= 11 is 0. The molecule has 1 aromatic carbocycles. The summed E-state index contributed by atoms with van der Waals surface area (Å²) < 4.78 is 18.7. The molecule has 2 N–H and O–H groups in total. The number of hydrogen-bond donors (Lipinski definition) is 1. The molecule has 0 saturated heterocycles. The van der Waals surface area contributed by atoms with Gasteiger partial charge in [-0.25, -0.2) is 4.39 Å². The smallest absolute Gasteiger partial charge is 0.145 e. The molecule has 4 heteroatoms. The van der Waals surface area contributed by atoms with Crippen molar-refractivity contribution in [3.8, 4) is 17.0 Å². The van der Waals surface area contributed by atoms with Crippen molar-refractivity contribution in [2.24, 2.45) is 5.73 Å². The van der Waals surface area contributed by atoms with Crippen molar-refractivity contribution < 1.29 is 9.13 Å². The molecule has 1 aromatic heterocycles. The van der Waals surface area contributed by atoms with E-state index in [1.165, 1.54) is 12.1 Å². The molecule has 0 aliphatic rings. The summed E-state index contributed by atoms with van der Waals surface area (Å²) in [6, 6.07) is 7.88. The molecule has 1 unspecified atom stereocenters. The molecule has 2 rings (SSSR count). The lowest BCUT2D eigenvalue weighted by Gasteiger charge is -2.14. The molecule has 94 valence electrons. The van der Waals surface area contributed by atoms with E-state index in [4.69, 9.17) is 10.5 Å². The maximum Gasteiger partial charge on any atom is 0.145 e. The fourth-order valence-corrected chi connectivity index (χ4v) is 1.89. The van der Waals surface area contributed by atoms with Crippen LogP contribution in [0.25, 0.3) is 11.3 Å². The van der Waals surface area contributed by atoms with Crippen molar-refractivity contribution in [1.29, 1.82) is 0 Å². The van der Waals surface area contributed by atoms with Crippen molar-refractivity contribution in [3.63, 3.8) is 0 Å². The maximum atomic E-state index is 13.4. The van der Waals surface area contributed by atoms with E-state index in [9.17, 15) is 4.39 Å². The van der Waals surface area contributed by atoms with Gasteiger partial charge >= 0.3 is 0 Å². The lowest BCUT2D eigenvalue weighted by atomic mass is 9.98. The second-order valence-corrected chi connectivity index (χ2v) is 4.07. The predicted octanol–water partition coefficient (Wildman–Crippen LogP) is 2.92. The molecule has 18 heavy (non-hydrogen) atoms. The molecule has 2 aromatic rings. The lowest BCUT2D eigenvalue weighted by Crippen LogP contribution is -2.07. The molecule has 0 spiro atoms. The molecule has 1 heterocycles. The molecule has 0 amide bonds. The number of pyridine rings is 1. The monoisotopic (exact) mass is 246 g/mol. The SMILES string of the molecule is COc1cccnc1-c1cc(F)ccc1C(C)N. The fraction of sp³-hybridized carbons (Fsp3) is 0.214. The molecule has 0 aliphatic carbocycles. The molecule has 0 bridgehead atoms. The average Bonchev–Trinajstić information content (AvgIpc) is 2.38. The van der Waals surface area contributed by atoms with Gasteiger partial charge in [-0.3, -0.25) is 4.98 Å². The Kier molecular flexibility index (Phi) is 3.58. The van der Waals surface area contributed by atoms with Gasteiger partial charge in [-0.1, -0.05) is 6.07 Å². The van der Waals surface area contributed by atoms with Gasteiger partial charge in [0.05, 0.1) is 7.11 Å². The highest BCUT2D eigenvalue weighted by Crippen LogP contribution is 2.32. The van der Waals surface area contributed by atoms with Crippen LogP contribution < -0.4 is 10.5 Å². The second kappa shape index (κ2) is 5.14. The van der Waals surface area contributed by atoms with Gasteiger partial charge in [-0.05, 0) is 36.8 Å². The number of nitrogens with two attached hydrogens (primary N) is 1. The van der Waals surface area contributed by atoms with Crippen molar-refractivity contribution >= 4 is 0 Å². The summed E-state index contributed by atoms with van der Waals surface area (Å²) in [5.74, 6) is 0.284. The second-order valence-electron chi connectivity index (χ2n) is 4.07. The highest BCUT2D eigenvalue weighted by atomic mass is 19.1. The zero-order chi connectivity index (χ0) is 13.1. The number of nitrogens with zero attached hydrogens (tertiary/aromatic N) is 1. The van der Waals surface area contributed by atoms with Gasteiger partial charge in [-0.2, -0.15) is 0 Å². The van der Waals surface area contributed by atoms with Gasteiger partial charge in [0.15, 0.2) is 0 Å². The van der Waals surface area contributed by atoms with E-state index >= 15 is 0 Å². The summed E-state index contributed by atoms with van der Waals surface area (Å²) in [4.78, 5) is 4.26. The first kappa shape index (κ1) is 12.5. The number of aromatic nitrogens is 1. The van der Waals surface area contributed by atoms with Gasteiger partial charge in [0.2, 0.25) is 0 Å². The standard InChI is InChI=1S/C14H15FN2O/c1-9(16)11-6-5-10(15)8-12(11)14-13(18-2)4-3-7-17-14/h3-9H,16H2,1-2H3. The van der Waals surface area contributed by atoms with Gasteiger partial charge in [-0.15, -0.1) is 0 Å². The van der Waals surface area contributed by atoms with Crippen LogP contribution in [-0.4, -0.2) is 12.1 Å². The van der Waals surface area contributed by atoms with Crippen LogP contribution in [0.1, 0.15) is 18.5 Å². The van der Waals surface area contributed by atoms with Gasteiger partial charge in [0.1, 0.15) is 17.3 Å².